The molecular weight excluding hydrogens is 380 g/mol. The van der Waals surface area contributed by atoms with Crippen LogP contribution < -0.4 is 10.3 Å². The maximum absolute atomic E-state index is 12.3. The summed E-state index contributed by atoms with van der Waals surface area (Å²) >= 11 is 1.35. The molecule has 0 fully saturated rings. The summed E-state index contributed by atoms with van der Waals surface area (Å²) in [5.74, 6) is 0.984. The van der Waals surface area contributed by atoms with Crippen molar-refractivity contribution < 1.29 is 14.3 Å². The van der Waals surface area contributed by atoms with Gasteiger partial charge in [0.1, 0.15) is 17.1 Å². The van der Waals surface area contributed by atoms with Crippen LogP contribution in [0.2, 0.25) is 0 Å². The van der Waals surface area contributed by atoms with Gasteiger partial charge in [-0.2, -0.15) is 0 Å². The molecule has 3 aromatic heterocycles. The molecule has 9 heteroatoms. The molecule has 4 rings (SSSR count). The van der Waals surface area contributed by atoms with Gasteiger partial charge in [0.2, 0.25) is 5.78 Å². The van der Waals surface area contributed by atoms with Crippen molar-refractivity contribution in [1.82, 2.24) is 19.2 Å². The topological polar surface area (TPSA) is 87.7 Å². The fourth-order valence-electron chi connectivity index (χ4n) is 2.80. The molecule has 142 valence electrons. The molecule has 0 atom stereocenters. The zero-order valence-electron chi connectivity index (χ0n) is 15.0. The summed E-state index contributed by atoms with van der Waals surface area (Å²) in [5.41, 5.74) is 0.961. The van der Waals surface area contributed by atoms with E-state index in [0.717, 1.165) is 0 Å². The first-order valence-electron chi connectivity index (χ1n) is 8.41. The molecule has 0 saturated heterocycles. The first kappa shape index (κ1) is 17.9. The van der Waals surface area contributed by atoms with E-state index in [2.05, 4.69) is 16.8 Å². The quantitative estimate of drug-likeness (QED) is 0.368. The van der Waals surface area contributed by atoms with Crippen molar-refractivity contribution in [2.45, 2.75) is 6.61 Å². The van der Waals surface area contributed by atoms with Crippen molar-refractivity contribution in [3.63, 3.8) is 0 Å². The first-order valence-corrected chi connectivity index (χ1v) is 9.29. The van der Waals surface area contributed by atoms with E-state index in [-0.39, 0.29) is 12.2 Å². The van der Waals surface area contributed by atoms with Crippen molar-refractivity contribution in [3.05, 3.63) is 70.1 Å². The Labute approximate surface area is 163 Å². The minimum atomic E-state index is -0.488. The minimum absolute atomic E-state index is 0.0716. The fourth-order valence-corrected chi connectivity index (χ4v) is 3.65. The van der Waals surface area contributed by atoms with Crippen molar-refractivity contribution in [1.29, 1.82) is 0 Å². The van der Waals surface area contributed by atoms with Crippen LogP contribution in [0, 0.1) is 0 Å². The van der Waals surface area contributed by atoms with E-state index in [1.807, 2.05) is 11.4 Å². The average molecular weight is 396 g/mol. The molecule has 0 spiro atoms. The Morgan fingerprint density at radius 1 is 1.25 bits per heavy atom. The number of aromatic nitrogens is 4. The number of fused-ring (bicyclic) bond motifs is 3. The molecule has 0 aliphatic carbocycles. The van der Waals surface area contributed by atoms with Gasteiger partial charge in [0, 0.05) is 7.05 Å². The highest BCUT2D eigenvalue weighted by Gasteiger charge is 2.17. The molecule has 0 saturated carbocycles. The van der Waals surface area contributed by atoms with E-state index in [1.165, 1.54) is 15.9 Å². The summed E-state index contributed by atoms with van der Waals surface area (Å²) in [6, 6.07) is 8.46. The second-order valence-corrected chi connectivity index (χ2v) is 6.87. The van der Waals surface area contributed by atoms with Crippen LogP contribution in [0.25, 0.3) is 16.0 Å². The van der Waals surface area contributed by atoms with Gasteiger partial charge in [0.05, 0.1) is 11.1 Å². The summed E-state index contributed by atoms with van der Waals surface area (Å²) in [7, 11) is 1.64. The molecule has 28 heavy (non-hydrogen) atoms. The van der Waals surface area contributed by atoms with Crippen molar-refractivity contribution in [2.24, 2.45) is 7.05 Å². The molecule has 8 nitrogen and oxygen atoms in total. The fraction of sp³-hybridized carbons (Fsp3) is 0.158. The Hall–Kier alpha value is -3.46. The van der Waals surface area contributed by atoms with Gasteiger partial charge >= 0.3 is 5.97 Å². The van der Waals surface area contributed by atoms with Gasteiger partial charge < -0.3 is 9.47 Å². The lowest BCUT2D eigenvalue weighted by atomic mass is 10.2. The number of carbonyl (C=O) groups is 1. The number of hydrogen-bond donors (Lipinski definition) is 0. The predicted molar refractivity (Wildman–Crippen MR) is 105 cm³/mol. The van der Waals surface area contributed by atoms with E-state index in [1.54, 1.807) is 41.8 Å². The molecule has 0 bridgehead atoms. The molecule has 3 heterocycles. The smallest absolute Gasteiger partial charge is 0.338 e. The van der Waals surface area contributed by atoms with Gasteiger partial charge in [-0.1, -0.05) is 12.7 Å². The largest absolute Gasteiger partial charge is 0.490 e. The molecular formula is C19H16N4O4S. The molecule has 0 radical (unpaired) electrons. The van der Waals surface area contributed by atoms with Gasteiger partial charge in [-0.15, -0.1) is 21.5 Å². The predicted octanol–water partition coefficient (Wildman–Crippen LogP) is 2.56. The molecule has 0 unspecified atom stereocenters. The lowest BCUT2D eigenvalue weighted by Gasteiger charge is -2.07. The van der Waals surface area contributed by atoms with Crippen LogP contribution in [0.5, 0.6) is 5.75 Å². The third-order valence-corrected chi connectivity index (χ3v) is 5.08. The minimum Gasteiger partial charge on any atom is -0.490 e. The summed E-state index contributed by atoms with van der Waals surface area (Å²) in [6.45, 7) is 3.91. The zero-order valence-corrected chi connectivity index (χ0v) is 15.8. The van der Waals surface area contributed by atoms with Gasteiger partial charge in [-0.05, 0) is 35.7 Å². The molecule has 0 amide bonds. The van der Waals surface area contributed by atoms with Gasteiger partial charge in [0.15, 0.2) is 12.4 Å². The van der Waals surface area contributed by atoms with E-state index in [9.17, 15) is 9.59 Å². The Morgan fingerprint density at radius 2 is 2.04 bits per heavy atom. The number of rotatable bonds is 6. The SMILES string of the molecule is C=CCOc1ccc(C(=O)OCc2nnc3n(C)c(=O)c4sccc4n23)cc1. The maximum atomic E-state index is 12.3. The third-order valence-electron chi connectivity index (χ3n) is 4.19. The summed E-state index contributed by atoms with van der Waals surface area (Å²) in [4.78, 5) is 24.7. The summed E-state index contributed by atoms with van der Waals surface area (Å²) in [5, 5.41) is 9.99. The number of aryl methyl sites for hydroxylation is 1. The van der Waals surface area contributed by atoms with E-state index < -0.39 is 5.97 Å². The maximum Gasteiger partial charge on any atom is 0.338 e. The normalized spacial score (nSPS) is 11.0. The number of hydrogen-bond acceptors (Lipinski definition) is 7. The Morgan fingerprint density at radius 3 is 2.79 bits per heavy atom. The number of thiophene rings is 1. The number of esters is 1. The van der Waals surface area contributed by atoms with Crippen LogP contribution in [-0.4, -0.2) is 31.7 Å². The van der Waals surface area contributed by atoms with E-state index in [0.29, 0.717) is 39.7 Å². The number of nitrogens with zero attached hydrogens (tertiary/aromatic N) is 4. The average Bonchev–Trinajstić information content (AvgIpc) is 3.36. The van der Waals surface area contributed by atoms with Crippen LogP contribution in [-0.2, 0) is 18.4 Å². The second kappa shape index (κ2) is 7.28. The van der Waals surface area contributed by atoms with Crippen LogP contribution in [0.15, 0.2) is 53.2 Å². The highest BCUT2D eigenvalue weighted by Crippen LogP contribution is 2.20. The third kappa shape index (κ3) is 3.05. The Bertz CT molecular complexity index is 1240. The van der Waals surface area contributed by atoms with Crippen LogP contribution in [0.1, 0.15) is 16.2 Å². The van der Waals surface area contributed by atoms with Crippen LogP contribution >= 0.6 is 11.3 Å². The van der Waals surface area contributed by atoms with E-state index >= 15 is 0 Å². The highest BCUT2D eigenvalue weighted by molar-refractivity contribution is 7.17. The van der Waals surface area contributed by atoms with Crippen molar-refractivity contribution in [3.8, 4) is 5.75 Å². The molecule has 0 N–H and O–H groups in total. The lowest BCUT2D eigenvalue weighted by Crippen LogP contribution is -2.19. The standard InChI is InChI=1S/C19H16N4O4S/c1-3-9-26-13-6-4-12(5-7-13)18(25)27-11-15-20-21-19-22(2)17(24)16-14(23(15)19)8-10-28-16/h3-8,10H,1,9,11H2,2H3. The number of ether oxygens (including phenoxy) is 2. The lowest BCUT2D eigenvalue weighted by molar-refractivity contribution is 0.0461. The molecule has 0 aliphatic heterocycles. The molecule has 1 aromatic carbocycles. The highest BCUT2D eigenvalue weighted by atomic mass is 32.1. The molecule has 0 aliphatic rings. The Kier molecular flexibility index (Phi) is 4.66. The summed E-state index contributed by atoms with van der Waals surface area (Å²) in [6.07, 6.45) is 1.64. The second-order valence-electron chi connectivity index (χ2n) is 5.95. The van der Waals surface area contributed by atoms with Gasteiger partial charge in [-0.3, -0.25) is 13.8 Å². The first-order chi connectivity index (χ1) is 13.6. The van der Waals surface area contributed by atoms with Crippen molar-refractivity contribution >= 4 is 33.3 Å². The van der Waals surface area contributed by atoms with Crippen molar-refractivity contribution in [2.75, 3.05) is 6.61 Å². The summed E-state index contributed by atoms with van der Waals surface area (Å²) < 4.78 is 14.5. The Balaban J connectivity index is 1.57. The molecule has 4 aromatic rings. The zero-order chi connectivity index (χ0) is 19.7. The van der Waals surface area contributed by atoms with Gasteiger partial charge in [-0.25, -0.2) is 4.79 Å². The van der Waals surface area contributed by atoms with E-state index in [4.69, 9.17) is 9.47 Å². The van der Waals surface area contributed by atoms with Crippen LogP contribution in [0.4, 0.5) is 0 Å². The number of carbonyl (C=O) groups excluding carboxylic acids is 1. The van der Waals surface area contributed by atoms with Gasteiger partial charge in [0.25, 0.3) is 5.56 Å². The number of benzene rings is 1. The van der Waals surface area contributed by atoms with Crippen LogP contribution in [0.3, 0.4) is 0 Å². The monoisotopic (exact) mass is 396 g/mol.